The Bertz CT molecular complexity index is 205. The van der Waals surface area contributed by atoms with Gasteiger partial charge in [-0.2, -0.15) is 0 Å². The third-order valence-corrected chi connectivity index (χ3v) is 2.85. The van der Waals surface area contributed by atoms with Gasteiger partial charge in [-0.1, -0.05) is 18.6 Å². The molecule has 0 heterocycles. The number of allylic oxidation sites excluding steroid dienone is 2. The molecule has 0 bridgehead atoms. The average molecular weight is 227 g/mol. The van der Waals surface area contributed by atoms with Gasteiger partial charge in [0.1, 0.15) is 0 Å². The quantitative estimate of drug-likeness (QED) is 0.624. The van der Waals surface area contributed by atoms with Crippen molar-refractivity contribution in [3.05, 3.63) is 11.6 Å². The van der Waals surface area contributed by atoms with Crippen molar-refractivity contribution in [2.45, 2.75) is 59.4 Å². The minimum absolute atomic E-state index is 0.139. The number of rotatable bonds is 8. The van der Waals surface area contributed by atoms with Crippen molar-refractivity contribution in [3.63, 3.8) is 0 Å². The van der Waals surface area contributed by atoms with Gasteiger partial charge in [-0.3, -0.25) is 0 Å². The molecule has 16 heavy (non-hydrogen) atoms. The Hall–Kier alpha value is -0.340. The van der Waals surface area contributed by atoms with Crippen LogP contribution >= 0.6 is 0 Å². The van der Waals surface area contributed by atoms with Crippen LogP contribution in [0, 0.1) is 5.92 Å². The fourth-order valence-electron chi connectivity index (χ4n) is 1.51. The average Bonchev–Trinajstić information content (AvgIpc) is 2.17. The summed E-state index contributed by atoms with van der Waals surface area (Å²) in [5, 5.41) is 12.5. The van der Waals surface area contributed by atoms with Crippen molar-refractivity contribution in [1.29, 1.82) is 0 Å². The van der Waals surface area contributed by atoms with Crippen LogP contribution < -0.4 is 5.32 Å². The van der Waals surface area contributed by atoms with E-state index in [1.54, 1.807) is 0 Å². The van der Waals surface area contributed by atoms with E-state index >= 15 is 0 Å². The molecule has 1 atom stereocenters. The maximum absolute atomic E-state index is 9.09. The molecule has 0 aromatic rings. The van der Waals surface area contributed by atoms with Crippen molar-refractivity contribution >= 4 is 0 Å². The predicted molar refractivity (Wildman–Crippen MR) is 71.6 cm³/mol. The second kappa shape index (κ2) is 7.86. The van der Waals surface area contributed by atoms with Gasteiger partial charge in [-0.25, -0.2) is 0 Å². The number of hydrogen-bond donors (Lipinski definition) is 2. The van der Waals surface area contributed by atoms with Crippen LogP contribution in [0.3, 0.4) is 0 Å². The van der Waals surface area contributed by atoms with Crippen molar-refractivity contribution in [1.82, 2.24) is 5.32 Å². The van der Waals surface area contributed by atoms with Crippen molar-refractivity contribution in [3.8, 4) is 0 Å². The smallest absolute Gasteiger partial charge is 0.0607 e. The second-order valence-corrected chi connectivity index (χ2v) is 5.72. The Kier molecular flexibility index (Phi) is 7.69. The highest BCUT2D eigenvalue weighted by Gasteiger charge is 2.14. The molecule has 0 spiro atoms. The first kappa shape index (κ1) is 15.7. The molecule has 2 N–H and O–H groups in total. The normalized spacial score (nSPS) is 13.6. The first-order chi connectivity index (χ1) is 7.37. The zero-order valence-electron chi connectivity index (χ0n) is 11.6. The Labute approximate surface area is 101 Å². The van der Waals surface area contributed by atoms with Crippen LogP contribution in [0.1, 0.15) is 53.9 Å². The Balaban J connectivity index is 3.58. The molecule has 0 aliphatic rings. The number of hydrogen-bond acceptors (Lipinski definition) is 2. The topological polar surface area (TPSA) is 32.3 Å². The summed E-state index contributed by atoms with van der Waals surface area (Å²) < 4.78 is 0. The van der Waals surface area contributed by atoms with Crippen LogP contribution in [0.15, 0.2) is 11.6 Å². The summed E-state index contributed by atoms with van der Waals surface area (Å²) in [6.45, 7) is 11.8. The van der Waals surface area contributed by atoms with Gasteiger partial charge in [-0.05, 0) is 59.4 Å². The van der Waals surface area contributed by atoms with Crippen LogP contribution in [-0.2, 0) is 0 Å². The van der Waals surface area contributed by atoms with Crippen molar-refractivity contribution in [2.75, 3.05) is 13.2 Å². The molecule has 0 aromatic carbocycles. The summed E-state index contributed by atoms with van der Waals surface area (Å²) in [7, 11) is 0. The zero-order chi connectivity index (χ0) is 12.6. The summed E-state index contributed by atoms with van der Waals surface area (Å²) >= 11 is 0. The number of nitrogens with one attached hydrogen (secondary N) is 1. The van der Waals surface area contributed by atoms with E-state index in [0.717, 1.165) is 12.5 Å². The molecule has 0 aliphatic carbocycles. The summed E-state index contributed by atoms with van der Waals surface area (Å²) in [4.78, 5) is 0. The molecule has 2 heteroatoms. The first-order valence-corrected chi connectivity index (χ1v) is 6.36. The molecule has 0 aliphatic heterocycles. The molecular formula is C14H29NO. The van der Waals surface area contributed by atoms with Gasteiger partial charge < -0.3 is 10.4 Å². The molecule has 0 aromatic heterocycles. The summed E-state index contributed by atoms with van der Waals surface area (Å²) in [6, 6.07) is 0. The molecule has 0 saturated heterocycles. The van der Waals surface area contributed by atoms with Crippen molar-refractivity contribution < 1.29 is 5.11 Å². The van der Waals surface area contributed by atoms with Gasteiger partial charge in [-0.15, -0.1) is 0 Å². The van der Waals surface area contributed by atoms with E-state index in [2.05, 4.69) is 32.2 Å². The van der Waals surface area contributed by atoms with E-state index in [1.807, 2.05) is 13.8 Å². The summed E-state index contributed by atoms with van der Waals surface area (Å²) in [6.07, 6.45) is 5.93. The third-order valence-electron chi connectivity index (χ3n) is 2.85. The van der Waals surface area contributed by atoms with Crippen LogP contribution in [0.5, 0.6) is 0 Å². The van der Waals surface area contributed by atoms with Crippen LogP contribution in [-0.4, -0.2) is 23.8 Å². The van der Waals surface area contributed by atoms with E-state index in [4.69, 9.17) is 5.11 Å². The standard InChI is InChI=1S/C14H29NO/c1-12(2)7-6-8-13(3)9-10-15-14(4,5)11-16/h7,13,15-16H,6,8-11H2,1-5H3. The number of aliphatic hydroxyl groups excluding tert-OH is 1. The van der Waals surface area contributed by atoms with Gasteiger partial charge in [0.2, 0.25) is 0 Å². The molecule has 0 fully saturated rings. The van der Waals surface area contributed by atoms with E-state index in [-0.39, 0.29) is 12.1 Å². The maximum atomic E-state index is 9.09. The Morgan fingerprint density at radius 3 is 2.44 bits per heavy atom. The summed E-state index contributed by atoms with van der Waals surface area (Å²) in [5.41, 5.74) is 1.27. The van der Waals surface area contributed by atoms with Crippen molar-refractivity contribution in [2.24, 2.45) is 5.92 Å². The molecule has 0 amide bonds. The van der Waals surface area contributed by atoms with Gasteiger partial charge in [0.05, 0.1) is 6.61 Å². The van der Waals surface area contributed by atoms with E-state index < -0.39 is 0 Å². The highest BCUT2D eigenvalue weighted by atomic mass is 16.3. The zero-order valence-corrected chi connectivity index (χ0v) is 11.6. The van der Waals surface area contributed by atoms with E-state index in [9.17, 15) is 0 Å². The summed E-state index contributed by atoms with van der Waals surface area (Å²) in [5.74, 6) is 0.748. The largest absolute Gasteiger partial charge is 0.394 e. The van der Waals surface area contributed by atoms with E-state index in [0.29, 0.717) is 0 Å². The lowest BCUT2D eigenvalue weighted by Crippen LogP contribution is -2.43. The van der Waals surface area contributed by atoms with Crippen LogP contribution in [0.4, 0.5) is 0 Å². The first-order valence-electron chi connectivity index (χ1n) is 6.36. The maximum Gasteiger partial charge on any atom is 0.0607 e. The fourth-order valence-corrected chi connectivity index (χ4v) is 1.51. The van der Waals surface area contributed by atoms with Gasteiger partial charge in [0.25, 0.3) is 0 Å². The van der Waals surface area contributed by atoms with Gasteiger partial charge in [0.15, 0.2) is 0 Å². The minimum Gasteiger partial charge on any atom is -0.394 e. The number of aliphatic hydroxyl groups is 1. The fraction of sp³-hybridized carbons (Fsp3) is 0.857. The molecular weight excluding hydrogens is 198 g/mol. The van der Waals surface area contributed by atoms with Crippen LogP contribution in [0.25, 0.3) is 0 Å². The van der Waals surface area contributed by atoms with Gasteiger partial charge >= 0.3 is 0 Å². The highest BCUT2D eigenvalue weighted by Crippen LogP contribution is 2.11. The van der Waals surface area contributed by atoms with E-state index in [1.165, 1.54) is 24.8 Å². The Morgan fingerprint density at radius 2 is 1.94 bits per heavy atom. The lowest BCUT2D eigenvalue weighted by atomic mass is 10.00. The van der Waals surface area contributed by atoms with Crippen LogP contribution in [0.2, 0.25) is 0 Å². The second-order valence-electron chi connectivity index (χ2n) is 5.72. The SMILES string of the molecule is CC(C)=CCCC(C)CCNC(C)(C)CO. The molecule has 2 nitrogen and oxygen atoms in total. The molecule has 96 valence electrons. The monoisotopic (exact) mass is 227 g/mol. The minimum atomic E-state index is -0.139. The molecule has 1 unspecified atom stereocenters. The third kappa shape index (κ3) is 8.93. The predicted octanol–water partition coefficient (Wildman–Crippen LogP) is 3.12. The molecule has 0 radical (unpaired) electrons. The van der Waals surface area contributed by atoms with Gasteiger partial charge in [0, 0.05) is 5.54 Å². The molecule has 0 saturated carbocycles. The Morgan fingerprint density at radius 1 is 1.31 bits per heavy atom. The molecule has 0 rings (SSSR count). The lowest BCUT2D eigenvalue weighted by molar-refractivity contribution is 0.186. The highest BCUT2D eigenvalue weighted by molar-refractivity contribution is 4.92. The lowest BCUT2D eigenvalue weighted by Gasteiger charge is -2.24.